The van der Waals surface area contributed by atoms with Crippen molar-refractivity contribution in [3.8, 4) is 17.6 Å². The molecule has 2 unspecified atom stereocenters. The lowest BCUT2D eigenvalue weighted by Crippen LogP contribution is -2.48. The Kier molecular flexibility index (Phi) is 13.4. The summed E-state index contributed by atoms with van der Waals surface area (Å²) in [6.45, 7) is 6.55. The van der Waals surface area contributed by atoms with Crippen LogP contribution in [0, 0.1) is 18.3 Å². The number of hydrogen-bond donors (Lipinski definition) is 5. The lowest BCUT2D eigenvalue weighted by atomic mass is 9.92. The predicted octanol–water partition coefficient (Wildman–Crippen LogP) is 4.77. The topological polar surface area (TPSA) is 152 Å². The third-order valence-corrected chi connectivity index (χ3v) is 9.88. The van der Waals surface area contributed by atoms with Crippen molar-refractivity contribution in [2.24, 2.45) is 0 Å². The maximum atomic E-state index is 9.88. The summed E-state index contributed by atoms with van der Waals surface area (Å²) < 4.78 is 19.1. The molecule has 272 valence electrons. The van der Waals surface area contributed by atoms with Crippen LogP contribution in [0.25, 0.3) is 0 Å². The van der Waals surface area contributed by atoms with Crippen LogP contribution in [0.5, 0.6) is 11.5 Å². The molecule has 5 rings (SSSR count). The molecule has 0 spiro atoms. The van der Waals surface area contributed by atoms with E-state index in [0.29, 0.717) is 51.4 Å². The fourth-order valence-electron chi connectivity index (χ4n) is 6.00. The molecule has 0 radical (unpaired) electrons. The number of rotatable bonds is 17. The number of aromatic nitrogens is 1. The van der Waals surface area contributed by atoms with Gasteiger partial charge >= 0.3 is 0 Å². The number of nitrogens with zero attached hydrogens (tertiary/aromatic N) is 3. The van der Waals surface area contributed by atoms with Crippen molar-refractivity contribution in [2.75, 3.05) is 39.5 Å². The highest BCUT2D eigenvalue weighted by Gasteiger charge is 2.39. The summed E-state index contributed by atoms with van der Waals surface area (Å²) >= 11 is 13.6. The molecule has 5 N–H and O–H groups in total. The number of ether oxygens (including phenoxy) is 3. The number of hydrogen-bond acceptors (Lipinski definition) is 11. The summed E-state index contributed by atoms with van der Waals surface area (Å²) in [6.07, 6.45) is 9.90. The first-order valence-corrected chi connectivity index (χ1v) is 17.7. The lowest BCUT2D eigenvalue weighted by Gasteiger charge is -2.37. The van der Waals surface area contributed by atoms with E-state index in [1.165, 1.54) is 6.20 Å². The normalized spacial score (nSPS) is 19.0. The number of benzene rings is 2. The highest BCUT2D eigenvalue weighted by atomic mass is 35.5. The summed E-state index contributed by atoms with van der Waals surface area (Å²) in [5, 5.41) is 46.2. The number of halogens is 2. The van der Waals surface area contributed by atoms with Crippen molar-refractivity contribution in [3.63, 3.8) is 0 Å². The highest BCUT2D eigenvalue weighted by Crippen LogP contribution is 2.39. The second-order valence-corrected chi connectivity index (χ2v) is 13.9. The van der Waals surface area contributed by atoms with Gasteiger partial charge in [-0.25, -0.2) is 0 Å². The van der Waals surface area contributed by atoms with Crippen molar-refractivity contribution in [2.45, 2.75) is 63.8 Å². The molecule has 13 heteroatoms. The molecule has 3 aromatic rings. The van der Waals surface area contributed by atoms with E-state index in [0.717, 1.165) is 42.6 Å². The molecule has 51 heavy (non-hydrogen) atoms. The summed E-state index contributed by atoms with van der Waals surface area (Å²) in [7, 11) is 0. The largest absolute Gasteiger partial charge is 0.488 e. The SMILES string of the molecule is Cc1c(COc2cc(OCc3cncc(C#N)c3)c(CNC(C)(CO)CO)cc2Cl)cccc1C1(OCCCN2CCC(O)C2)NC=CC=C1Cl. The first-order valence-electron chi connectivity index (χ1n) is 16.9. The average molecular weight is 739 g/mol. The molecule has 2 aliphatic rings. The molecule has 0 bridgehead atoms. The van der Waals surface area contributed by atoms with Gasteiger partial charge < -0.3 is 45.1 Å². The molecule has 1 saturated heterocycles. The molecule has 1 aromatic heterocycles. The second-order valence-electron chi connectivity index (χ2n) is 13.1. The molecule has 2 aromatic carbocycles. The van der Waals surface area contributed by atoms with Crippen molar-refractivity contribution >= 4 is 23.2 Å². The third-order valence-electron chi connectivity index (χ3n) is 9.19. The molecule has 0 aliphatic carbocycles. The maximum Gasteiger partial charge on any atom is 0.202 e. The van der Waals surface area contributed by atoms with E-state index in [2.05, 4.69) is 26.6 Å². The monoisotopic (exact) mass is 737 g/mol. The minimum atomic E-state index is -1.08. The van der Waals surface area contributed by atoms with Crippen molar-refractivity contribution in [1.29, 1.82) is 5.26 Å². The Morgan fingerprint density at radius 1 is 1.12 bits per heavy atom. The Balaban J connectivity index is 1.35. The minimum absolute atomic E-state index is 0.132. The highest BCUT2D eigenvalue weighted by molar-refractivity contribution is 6.32. The van der Waals surface area contributed by atoms with E-state index in [9.17, 15) is 20.6 Å². The van der Waals surface area contributed by atoms with Gasteiger partial charge in [-0.3, -0.25) is 4.98 Å². The Labute approximate surface area is 309 Å². The molecule has 1 fully saturated rings. The van der Waals surface area contributed by atoms with Gasteiger partial charge in [-0.05, 0) is 68.3 Å². The molecule has 0 saturated carbocycles. The van der Waals surface area contributed by atoms with Gasteiger partial charge in [0.15, 0.2) is 0 Å². The molecule has 2 atom stereocenters. The third kappa shape index (κ3) is 9.60. The number of dihydropyridines is 1. The first-order chi connectivity index (χ1) is 24.6. The first kappa shape index (κ1) is 38.5. The van der Waals surface area contributed by atoms with Gasteiger partial charge in [-0.15, -0.1) is 0 Å². The number of pyridine rings is 1. The number of nitrogens with one attached hydrogen (secondary N) is 2. The van der Waals surface area contributed by atoms with Crippen molar-refractivity contribution in [3.05, 3.63) is 111 Å². The van der Waals surface area contributed by atoms with Gasteiger partial charge in [0.05, 0.1) is 47.1 Å². The van der Waals surface area contributed by atoms with Crippen LogP contribution in [-0.2, 0) is 30.2 Å². The van der Waals surface area contributed by atoms with E-state index < -0.39 is 11.3 Å². The summed E-state index contributed by atoms with van der Waals surface area (Å²) in [5.74, 6) is 0.865. The minimum Gasteiger partial charge on any atom is -0.488 e. The van der Waals surface area contributed by atoms with Crippen LogP contribution in [0.1, 0.15) is 53.1 Å². The second kappa shape index (κ2) is 17.7. The predicted molar refractivity (Wildman–Crippen MR) is 195 cm³/mol. The summed E-state index contributed by atoms with van der Waals surface area (Å²) in [5.41, 5.74) is 2.48. The molecule has 2 aliphatic heterocycles. The van der Waals surface area contributed by atoms with E-state index in [1.54, 1.807) is 31.3 Å². The van der Waals surface area contributed by atoms with Crippen LogP contribution in [0.3, 0.4) is 0 Å². The van der Waals surface area contributed by atoms with Crippen LogP contribution in [0.15, 0.2) is 72.2 Å². The lowest BCUT2D eigenvalue weighted by molar-refractivity contribution is -0.0371. The number of likely N-dealkylation sites (tertiary alicyclic amines) is 1. The summed E-state index contributed by atoms with van der Waals surface area (Å²) in [6, 6.07) is 13.1. The molecule has 0 amide bonds. The number of β-amino-alcohol motifs (C(OH)–C–C–N with tert-alkyl or cyclic N) is 1. The van der Waals surface area contributed by atoms with E-state index in [-0.39, 0.29) is 39.1 Å². The van der Waals surface area contributed by atoms with Gasteiger partial charge in [0, 0.05) is 61.3 Å². The van der Waals surface area contributed by atoms with E-state index in [4.69, 9.17) is 37.4 Å². The van der Waals surface area contributed by atoms with Crippen LogP contribution in [-0.4, -0.2) is 76.3 Å². The number of allylic oxidation sites excluding steroid dienone is 2. The van der Waals surface area contributed by atoms with Crippen LogP contribution in [0.4, 0.5) is 0 Å². The summed E-state index contributed by atoms with van der Waals surface area (Å²) in [4.78, 5) is 6.36. The number of aliphatic hydroxyl groups excluding tert-OH is 3. The molecular formula is C38H45Cl2N5O6. The molecular weight excluding hydrogens is 693 g/mol. The maximum absolute atomic E-state index is 9.88. The standard InChI is InChI=1S/C38H45Cl2N5O6/c1-26-29(6-3-7-32(26)38(36(40)8-4-10-43-38)51-13-5-11-45-12-9-31(48)21-45)23-50-35-16-34(49-22-28-14-27(17-41)18-42-19-28)30(15-33(35)39)20-44-37(2,24-46)25-47/h3-4,6-8,10,14-16,18-19,31,43-44,46-48H,5,9,11-13,20-25H2,1-2H3. The van der Waals surface area contributed by atoms with Gasteiger partial charge in [0.25, 0.3) is 0 Å². The zero-order chi connectivity index (χ0) is 36.4. The van der Waals surface area contributed by atoms with Crippen molar-refractivity contribution in [1.82, 2.24) is 20.5 Å². The van der Waals surface area contributed by atoms with Crippen LogP contribution < -0.4 is 20.1 Å². The van der Waals surface area contributed by atoms with Crippen LogP contribution in [0.2, 0.25) is 5.02 Å². The zero-order valence-corrected chi connectivity index (χ0v) is 30.4. The Hall–Kier alpha value is -3.70. The fourth-order valence-corrected chi connectivity index (χ4v) is 6.53. The number of nitriles is 1. The number of aliphatic hydroxyl groups is 3. The zero-order valence-electron chi connectivity index (χ0n) is 28.9. The quantitative estimate of drug-likeness (QED) is 0.122. The van der Waals surface area contributed by atoms with E-state index in [1.807, 2.05) is 43.5 Å². The van der Waals surface area contributed by atoms with E-state index >= 15 is 0 Å². The Morgan fingerprint density at radius 2 is 1.92 bits per heavy atom. The fraction of sp³-hybridized carbons (Fsp3) is 0.421. The van der Waals surface area contributed by atoms with Crippen molar-refractivity contribution < 1.29 is 29.5 Å². The van der Waals surface area contributed by atoms with Gasteiger partial charge in [-0.1, -0.05) is 41.4 Å². The van der Waals surface area contributed by atoms with Gasteiger partial charge in [0.2, 0.25) is 5.72 Å². The van der Waals surface area contributed by atoms with Crippen LogP contribution >= 0.6 is 23.2 Å². The smallest absolute Gasteiger partial charge is 0.202 e. The van der Waals surface area contributed by atoms with Gasteiger partial charge in [-0.2, -0.15) is 5.26 Å². The van der Waals surface area contributed by atoms with Gasteiger partial charge in [0.1, 0.15) is 30.8 Å². The molecule has 11 nitrogen and oxygen atoms in total. The molecule has 3 heterocycles. The Bertz CT molecular complexity index is 1760. The Morgan fingerprint density at radius 3 is 2.65 bits per heavy atom. The average Bonchev–Trinajstić information content (AvgIpc) is 3.57.